The molecule has 0 bridgehead atoms. The van der Waals surface area contributed by atoms with Gasteiger partial charge >= 0.3 is 5.97 Å². The normalized spacial score (nSPS) is 14.0. The van der Waals surface area contributed by atoms with E-state index in [1.807, 2.05) is 0 Å². The van der Waals surface area contributed by atoms with Crippen LogP contribution in [0.4, 0.5) is 0 Å². The van der Waals surface area contributed by atoms with Gasteiger partial charge in [-0.2, -0.15) is 0 Å². The summed E-state index contributed by atoms with van der Waals surface area (Å²) in [5.74, 6) is -0.933. The monoisotopic (exact) mass is 304 g/mol. The van der Waals surface area contributed by atoms with Crippen LogP contribution in [0, 0.1) is 0 Å². The van der Waals surface area contributed by atoms with E-state index in [2.05, 4.69) is 36.2 Å². The van der Waals surface area contributed by atoms with E-state index in [0.29, 0.717) is 13.0 Å². The van der Waals surface area contributed by atoms with E-state index in [4.69, 9.17) is 21.7 Å². The lowest BCUT2D eigenvalue weighted by atomic mass is 10.1. The second-order valence-corrected chi connectivity index (χ2v) is 4.65. The van der Waals surface area contributed by atoms with E-state index in [-0.39, 0.29) is 6.61 Å². The SMILES string of the molecule is CCN1C=CN(C)C1.CCO.NCCCCC(N)C(=O)O. The zero-order valence-electron chi connectivity index (χ0n) is 13.5. The maximum absolute atomic E-state index is 10.1. The summed E-state index contributed by atoms with van der Waals surface area (Å²) in [5.41, 5.74) is 10.4. The highest BCUT2D eigenvalue weighted by molar-refractivity contribution is 5.72. The molecule has 0 aromatic rings. The summed E-state index contributed by atoms with van der Waals surface area (Å²) >= 11 is 0. The lowest BCUT2D eigenvalue weighted by Gasteiger charge is -2.14. The number of unbranched alkanes of at least 4 members (excludes halogenated alkanes) is 1. The molecule has 0 saturated heterocycles. The van der Waals surface area contributed by atoms with Crippen molar-refractivity contribution in [2.75, 3.05) is 33.4 Å². The third-order valence-corrected chi connectivity index (χ3v) is 2.63. The Morgan fingerprint density at radius 1 is 1.33 bits per heavy atom. The Morgan fingerprint density at radius 3 is 2.19 bits per heavy atom. The predicted octanol–water partition coefficient (Wildman–Crippen LogP) is 0.208. The van der Waals surface area contributed by atoms with Gasteiger partial charge in [0, 0.05) is 32.6 Å². The molecule has 7 heteroatoms. The predicted molar refractivity (Wildman–Crippen MR) is 85.4 cm³/mol. The van der Waals surface area contributed by atoms with Gasteiger partial charge in [-0.1, -0.05) is 6.42 Å². The third-order valence-electron chi connectivity index (χ3n) is 2.63. The van der Waals surface area contributed by atoms with Crippen LogP contribution in [0.15, 0.2) is 12.4 Å². The second-order valence-electron chi connectivity index (χ2n) is 4.65. The summed E-state index contributed by atoms with van der Waals surface area (Å²) in [4.78, 5) is 14.5. The first-order chi connectivity index (χ1) is 9.92. The quantitative estimate of drug-likeness (QED) is 0.518. The maximum Gasteiger partial charge on any atom is 0.320 e. The van der Waals surface area contributed by atoms with Crippen LogP contribution >= 0.6 is 0 Å². The van der Waals surface area contributed by atoms with Crippen molar-refractivity contribution in [1.82, 2.24) is 9.80 Å². The van der Waals surface area contributed by atoms with Crippen LogP contribution in [-0.4, -0.2) is 65.4 Å². The van der Waals surface area contributed by atoms with Gasteiger partial charge in [-0.3, -0.25) is 4.79 Å². The van der Waals surface area contributed by atoms with Crippen LogP contribution in [0.3, 0.4) is 0 Å². The highest BCUT2D eigenvalue weighted by atomic mass is 16.4. The van der Waals surface area contributed by atoms with Gasteiger partial charge in [0.15, 0.2) is 0 Å². The van der Waals surface area contributed by atoms with Crippen LogP contribution in [-0.2, 0) is 4.79 Å². The first-order valence-corrected chi connectivity index (χ1v) is 7.34. The van der Waals surface area contributed by atoms with Gasteiger partial charge < -0.3 is 31.5 Å². The van der Waals surface area contributed by atoms with Gasteiger partial charge in [0.25, 0.3) is 0 Å². The molecule has 6 N–H and O–H groups in total. The van der Waals surface area contributed by atoms with E-state index in [0.717, 1.165) is 26.1 Å². The minimum Gasteiger partial charge on any atom is -0.480 e. The van der Waals surface area contributed by atoms with E-state index in [9.17, 15) is 4.79 Å². The van der Waals surface area contributed by atoms with Gasteiger partial charge in [-0.15, -0.1) is 0 Å². The number of hydrogen-bond donors (Lipinski definition) is 4. The van der Waals surface area contributed by atoms with Crippen molar-refractivity contribution >= 4 is 5.97 Å². The number of aliphatic carboxylic acids is 1. The van der Waals surface area contributed by atoms with E-state index in [1.165, 1.54) is 0 Å². The number of aliphatic hydroxyl groups is 1. The standard InChI is InChI=1S/C6H14N2O2.C6H12N2.C2H6O/c7-4-2-1-3-5(8)6(9)10;1-3-8-5-4-7(2)6-8;1-2-3/h5H,1-4,7-8H2,(H,9,10);4-5H,3,6H2,1-2H3;3H,2H2,1H3. The van der Waals surface area contributed by atoms with Gasteiger partial charge in [0.2, 0.25) is 0 Å². The number of carboxylic acids is 1. The molecule has 1 aliphatic rings. The summed E-state index contributed by atoms with van der Waals surface area (Å²) in [5, 5.41) is 15.9. The Morgan fingerprint density at radius 2 is 1.90 bits per heavy atom. The van der Waals surface area contributed by atoms with E-state index >= 15 is 0 Å². The zero-order chi connectivity index (χ0) is 16.7. The lowest BCUT2D eigenvalue weighted by Crippen LogP contribution is -2.29. The molecule has 0 amide bonds. The Kier molecular flexibility index (Phi) is 15.8. The molecule has 0 radical (unpaired) electrons. The summed E-state index contributed by atoms with van der Waals surface area (Å²) in [6, 6.07) is -0.716. The first kappa shape index (κ1) is 22.0. The molecule has 0 aromatic heterocycles. The molecule has 1 heterocycles. The minimum absolute atomic E-state index is 0.250. The van der Waals surface area contributed by atoms with Crippen LogP contribution in [0.1, 0.15) is 33.1 Å². The number of rotatable bonds is 6. The van der Waals surface area contributed by atoms with Crippen molar-refractivity contribution in [3.63, 3.8) is 0 Å². The van der Waals surface area contributed by atoms with Crippen molar-refractivity contribution in [1.29, 1.82) is 0 Å². The van der Waals surface area contributed by atoms with E-state index < -0.39 is 12.0 Å². The highest BCUT2D eigenvalue weighted by Crippen LogP contribution is 2.01. The van der Waals surface area contributed by atoms with Gasteiger partial charge in [-0.05, 0) is 33.2 Å². The molecule has 0 spiro atoms. The fraction of sp³-hybridized carbons (Fsp3) is 0.786. The molecule has 1 aliphatic heterocycles. The number of carboxylic acid groups (broad SMARTS) is 1. The molecule has 21 heavy (non-hydrogen) atoms. The molecule has 7 nitrogen and oxygen atoms in total. The molecule has 0 saturated carbocycles. The summed E-state index contributed by atoms with van der Waals surface area (Å²) in [6.07, 6.45) is 6.36. The average Bonchev–Trinajstić information content (AvgIpc) is 2.86. The van der Waals surface area contributed by atoms with Gasteiger partial charge in [0.1, 0.15) is 6.04 Å². The smallest absolute Gasteiger partial charge is 0.320 e. The average molecular weight is 304 g/mol. The maximum atomic E-state index is 10.1. The summed E-state index contributed by atoms with van der Waals surface area (Å²) in [6.45, 7) is 6.85. The number of nitrogens with two attached hydrogens (primary N) is 2. The second kappa shape index (κ2) is 15.1. The molecular weight excluding hydrogens is 272 g/mol. The Hall–Kier alpha value is -1.31. The molecule has 1 rings (SSSR count). The van der Waals surface area contributed by atoms with Crippen LogP contribution < -0.4 is 11.5 Å². The topological polar surface area (TPSA) is 116 Å². The zero-order valence-corrected chi connectivity index (χ0v) is 13.5. The lowest BCUT2D eigenvalue weighted by molar-refractivity contribution is -0.138. The molecule has 1 unspecified atom stereocenters. The highest BCUT2D eigenvalue weighted by Gasteiger charge is 2.09. The van der Waals surface area contributed by atoms with Crippen LogP contribution in [0.5, 0.6) is 0 Å². The van der Waals surface area contributed by atoms with Crippen molar-refractivity contribution in [3.8, 4) is 0 Å². The molecular formula is C14H32N4O3. The minimum atomic E-state index is -0.933. The molecule has 1 atom stereocenters. The fourth-order valence-corrected chi connectivity index (χ4v) is 1.43. The Balaban J connectivity index is 0. The van der Waals surface area contributed by atoms with Crippen molar-refractivity contribution in [2.24, 2.45) is 11.5 Å². The summed E-state index contributed by atoms with van der Waals surface area (Å²) < 4.78 is 0. The van der Waals surface area contributed by atoms with Crippen molar-refractivity contribution in [3.05, 3.63) is 12.4 Å². The van der Waals surface area contributed by atoms with Gasteiger partial charge in [0.05, 0.1) is 6.67 Å². The molecule has 0 aliphatic carbocycles. The largest absolute Gasteiger partial charge is 0.480 e. The van der Waals surface area contributed by atoms with Gasteiger partial charge in [-0.25, -0.2) is 0 Å². The molecule has 126 valence electrons. The first-order valence-electron chi connectivity index (χ1n) is 7.34. The van der Waals surface area contributed by atoms with Crippen molar-refractivity contribution < 1.29 is 15.0 Å². The summed E-state index contributed by atoms with van der Waals surface area (Å²) in [7, 11) is 2.08. The molecule has 0 fully saturated rings. The number of carbonyl (C=O) groups is 1. The van der Waals surface area contributed by atoms with Crippen molar-refractivity contribution in [2.45, 2.75) is 39.2 Å². The Bertz CT molecular complexity index is 275. The third kappa shape index (κ3) is 14.9. The number of hydrogen-bond acceptors (Lipinski definition) is 6. The molecule has 0 aromatic carbocycles. The fourth-order valence-electron chi connectivity index (χ4n) is 1.43. The number of nitrogens with zero attached hydrogens (tertiary/aromatic N) is 2. The van der Waals surface area contributed by atoms with E-state index in [1.54, 1.807) is 6.92 Å². The van der Waals surface area contributed by atoms with Crippen LogP contribution in [0.25, 0.3) is 0 Å². The number of aliphatic hydroxyl groups excluding tert-OH is 1. The van der Waals surface area contributed by atoms with Crippen LogP contribution in [0.2, 0.25) is 0 Å². The Labute approximate surface area is 128 Å².